The Hall–Kier alpha value is -2.01. The van der Waals surface area contributed by atoms with Crippen LogP contribution < -0.4 is 10.6 Å². The number of nitrogens with zero attached hydrogens (tertiary/aromatic N) is 1. The van der Waals surface area contributed by atoms with Gasteiger partial charge in [0.2, 0.25) is 0 Å². The molecule has 0 unspecified atom stereocenters. The molecule has 0 atom stereocenters. The third-order valence-electron chi connectivity index (χ3n) is 3.25. The summed E-state index contributed by atoms with van der Waals surface area (Å²) in [5, 5.41) is 1.49. The van der Waals surface area contributed by atoms with Crippen molar-refractivity contribution in [1.82, 2.24) is 9.97 Å². The number of nitrogens with one attached hydrogen (secondary N) is 1. The Labute approximate surface area is 123 Å². The van der Waals surface area contributed by atoms with Gasteiger partial charge in [-0.3, -0.25) is 4.98 Å². The summed E-state index contributed by atoms with van der Waals surface area (Å²) in [5.74, 6) is 0. The molecule has 0 saturated carbocycles. The molecule has 0 aromatic carbocycles. The third kappa shape index (κ3) is 2.74. The van der Waals surface area contributed by atoms with Crippen LogP contribution in [0.3, 0.4) is 0 Å². The van der Waals surface area contributed by atoms with E-state index < -0.39 is 11.9 Å². The lowest BCUT2D eigenvalue weighted by molar-refractivity contribution is -0.140. The summed E-state index contributed by atoms with van der Waals surface area (Å²) in [6, 6.07) is 4.65. The van der Waals surface area contributed by atoms with Crippen LogP contribution in [0.5, 0.6) is 0 Å². The third-order valence-corrected chi connectivity index (χ3v) is 3.61. The van der Waals surface area contributed by atoms with Crippen LogP contribution in [-0.2, 0) is 6.18 Å². The Balaban J connectivity index is 2.18. The van der Waals surface area contributed by atoms with Crippen LogP contribution in [0.25, 0.3) is 17.7 Å². The molecule has 1 N–H and O–H groups in total. The van der Waals surface area contributed by atoms with Crippen molar-refractivity contribution in [1.29, 1.82) is 0 Å². The van der Waals surface area contributed by atoms with E-state index in [0.29, 0.717) is 27.6 Å². The average Bonchev–Trinajstić information content (AvgIpc) is 2.80. The zero-order chi connectivity index (χ0) is 15.0. The Morgan fingerprint density at radius 3 is 2.57 bits per heavy atom. The molecule has 0 fully saturated rings. The highest BCUT2D eigenvalue weighted by molar-refractivity contribution is 6.34. The molecule has 3 rings (SSSR count). The lowest BCUT2D eigenvalue weighted by Gasteiger charge is -2.04. The maximum atomic E-state index is 12.8. The monoisotopic (exact) mass is 310 g/mol. The Morgan fingerprint density at radius 1 is 1.19 bits per heavy atom. The highest BCUT2D eigenvalue weighted by Gasteiger charge is 2.32. The summed E-state index contributed by atoms with van der Waals surface area (Å²) in [7, 11) is 0. The first-order valence-electron chi connectivity index (χ1n) is 6.22. The number of alkyl halides is 3. The van der Waals surface area contributed by atoms with Crippen molar-refractivity contribution in [2.45, 2.75) is 12.6 Å². The molecule has 0 saturated heterocycles. The van der Waals surface area contributed by atoms with Gasteiger partial charge in [0.05, 0.1) is 0 Å². The molecule has 0 amide bonds. The molecule has 1 aliphatic rings. The van der Waals surface area contributed by atoms with E-state index in [1.807, 2.05) is 0 Å². The highest BCUT2D eigenvalue weighted by atomic mass is 35.5. The number of rotatable bonds is 1. The molecule has 21 heavy (non-hydrogen) atoms. The molecule has 2 nitrogen and oxygen atoms in total. The zero-order valence-electron chi connectivity index (χ0n) is 10.7. The van der Waals surface area contributed by atoms with Gasteiger partial charge in [0, 0.05) is 34.4 Å². The van der Waals surface area contributed by atoms with Crippen molar-refractivity contribution >= 4 is 29.3 Å². The maximum absolute atomic E-state index is 12.8. The van der Waals surface area contributed by atoms with Crippen LogP contribution in [0, 0.1) is 0 Å². The number of allylic oxidation sites excluding steroid dienone is 2. The van der Waals surface area contributed by atoms with Gasteiger partial charge in [-0.15, -0.1) is 0 Å². The van der Waals surface area contributed by atoms with Crippen LogP contribution >= 0.6 is 11.6 Å². The summed E-state index contributed by atoms with van der Waals surface area (Å²) in [6.07, 6.45) is 2.56. The minimum Gasteiger partial charge on any atom is -0.351 e. The van der Waals surface area contributed by atoms with E-state index in [1.165, 1.54) is 0 Å². The number of pyridine rings is 1. The number of H-pyrrole nitrogens is 1. The number of fused-ring (bicyclic) bond motifs is 1. The van der Waals surface area contributed by atoms with E-state index in [0.717, 1.165) is 11.6 Å². The van der Waals surface area contributed by atoms with Crippen molar-refractivity contribution in [2.75, 3.05) is 0 Å². The Kier molecular flexibility index (Phi) is 3.37. The highest BCUT2D eigenvalue weighted by Crippen LogP contribution is 2.28. The molecule has 1 aliphatic carbocycles. The van der Waals surface area contributed by atoms with Crippen molar-refractivity contribution in [3.8, 4) is 0 Å². The van der Waals surface area contributed by atoms with Gasteiger partial charge in [0.1, 0.15) is 5.69 Å². The summed E-state index contributed by atoms with van der Waals surface area (Å²) >= 11 is 6.26. The predicted octanol–water partition coefficient (Wildman–Crippen LogP) is 3.04. The molecular weight excluding hydrogens is 301 g/mol. The van der Waals surface area contributed by atoms with E-state index in [-0.39, 0.29) is 0 Å². The Morgan fingerprint density at radius 2 is 1.90 bits per heavy atom. The summed E-state index contributed by atoms with van der Waals surface area (Å²) in [5.41, 5.74) is 0.778. The fourth-order valence-electron chi connectivity index (χ4n) is 2.23. The van der Waals surface area contributed by atoms with Crippen molar-refractivity contribution in [3.63, 3.8) is 0 Å². The van der Waals surface area contributed by atoms with E-state index in [1.54, 1.807) is 36.7 Å². The lowest BCUT2D eigenvalue weighted by Crippen LogP contribution is -2.21. The molecular formula is C15H10ClF3N2. The van der Waals surface area contributed by atoms with Crippen LogP contribution in [0.15, 0.2) is 35.6 Å². The van der Waals surface area contributed by atoms with Crippen molar-refractivity contribution < 1.29 is 13.2 Å². The molecule has 0 aliphatic heterocycles. The molecule has 0 bridgehead atoms. The normalized spacial score (nSPS) is 15.0. The van der Waals surface area contributed by atoms with Crippen LogP contribution in [-0.4, -0.2) is 9.97 Å². The minimum absolute atomic E-state index is 0.376. The second-order valence-electron chi connectivity index (χ2n) is 4.66. The van der Waals surface area contributed by atoms with Gasteiger partial charge in [0.15, 0.2) is 0 Å². The van der Waals surface area contributed by atoms with Crippen molar-refractivity contribution in [3.05, 3.63) is 57.5 Å². The number of hydrogen-bond acceptors (Lipinski definition) is 1. The second kappa shape index (κ2) is 5.07. The molecule has 0 spiro atoms. The number of halogens is 4. The maximum Gasteiger partial charge on any atom is 0.431 e. The first-order chi connectivity index (χ1) is 9.95. The number of hydrogen-bond donors (Lipinski definition) is 1. The second-order valence-corrected chi connectivity index (χ2v) is 5.11. The molecule has 2 aromatic heterocycles. The van der Waals surface area contributed by atoms with Gasteiger partial charge in [-0.05, 0) is 35.4 Å². The summed E-state index contributed by atoms with van der Waals surface area (Å²) in [4.78, 5) is 6.32. The lowest BCUT2D eigenvalue weighted by atomic mass is 10.1. The summed E-state index contributed by atoms with van der Waals surface area (Å²) < 4.78 is 38.3. The van der Waals surface area contributed by atoms with Crippen LogP contribution in [0.2, 0.25) is 0 Å². The fraction of sp³-hybridized carbons (Fsp3) is 0.133. The molecule has 2 aromatic rings. The fourth-order valence-corrected chi connectivity index (χ4v) is 2.48. The van der Waals surface area contributed by atoms with E-state index in [9.17, 15) is 13.2 Å². The van der Waals surface area contributed by atoms with Crippen molar-refractivity contribution in [2.24, 2.45) is 0 Å². The van der Waals surface area contributed by atoms with Gasteiger partial charge in [-0.25, -0.2) is 0 Å². The van der Waals surface area contributed by atoms with Gasteiger partial charge >= 0.3 is 6.18 Å². The number of aromatic amines is 1. The van der Waals surface area contributed by atoms with Gasteiger partial charge in [0.25, 0.3) is 0 Å². The minimum atomic E-state index is -4.39. The first kappa shape index (κ1) is 13.9. The predicted molar refractivity (Wildman–Crippen MR) is 75.6 cm³/mol. The smallest absolute Gasteiger partial charge is 0.351 e. The van der Waals surface area contributed by atoms with E-state index in [2.05, 4.69) is 9.97 Å². The van der Waals surface area contributed by atoms with E-state index >= 15 is 0 Å². The Bertz CT molecular complexity index is 817. The average molecular weight is 311 g/mol. The van der Waals surface area contributed by atoms with Crippen LogP contribution in [0.1, 0.15) is 17.7 Å². The molecule has 6 heteroatoms. The van der Waals surface area contributed by atoms with E-state index in [4.69, 9.17) is 11.6 Å². The quantitative estimate of drug-likeness (QED) is 0.861. The molecule has 108 valence electrons. The molecule has 2 heterocycles. The first-order valence-corrected chi connectivity index (χ1v) is 6.60. The summed E-state index contributed by atoms with van der Waals surface area (Å²) in [6.45, 7) is 0. The SMILES string of the molecule is FC(F)(F)c1cc2c([nH]1)=CCC(Cl)=C(c1ccncc1)C=2. The van der Waals surface area contributed by atoms with Gasteiger partial charge < -0.3 is 4.98 Å². The van der Waals surface area contributed by atoms with Gasteiger partial charge in [-0.2, -0.15) is 13.2 Å². The van der Waals surface area contributed by atoms with Crippen LogP contribution in [0.4, 0.5) is 13.2 Å². The van der Waals surface area contributed by atoms with Gasteiger partial charge in [-0.1, -0.05) is 17.7 Å². The standard InChI is InChI=1S/C15H10ClF3N2/c16-12-1-2-13-10(8-14(21-13)15(17,18)19)7-11(12)9-3-5-20-6-4-9/h2-8,21H,1H2. The molecule has 0 radical (unpaired) electrons. The largest absolute Gasteiger partial charge is 0.431 e. The number of aromatic nitrogens is 2. The topological polar surface area (TPSA) is 28.7 Å². The zero-order valence-corrected chi connectivity index (χ0v) is 11.5.